The minimum atomic E-state index is -0.561. The van der Waals surface area contributed by atoms with Gasteiger partial charge in [-0.1, -0.05) is 25.1 Å². The van der Waals surface area contributed by atoms with Gasteiger partial charge in [-0.2, -0.15) is 0 Å². The van der Waals surface area contributed by atoms with Crippen molar-refractivity contribution in [1.82, 2.24) is 5.32 Å². The first kappa shape index (κ1) is 18.9. The third-order valence-corrected chi connectivity index (χ3v) is 3.99. The number of aliphatic hydroxyl groups excluding tert-OH is 1. The Morgan fingerprint density at radius 3 is 2.36 bits per heavy atom. The highest BCUT2D eigenvalue weighted by Crippen LogP contribution is 2.24. The van der Waals surface area contributed by atoms with Crippen LogP contribution in [0.25, 0.3) is 11.1 Å². The highest BCUT2D eigenvalue weighted by Gasteiger charge is 2.14. The molecule has 2 rings (SSSR count). The van der Waals surface area contributed by atoms with E-state index in [9.17, 15) is 14.3 Å². The van der Waals surface area contributed by atoms with Gasteiger partial charge in [0, 0.05) is 6.54 Å². The molecule has 0 spiro atoms. The van der Waals surface area contributed by atoms with Crippen LogP contribution in [0.5, 0.6) is 5.75 Å². The van der Waals surface area contributed by atoms with E-state index >= 15 is 0 Å². The molecule has 2 aromatic rings. The molecular weight excluding hydrogens is 321 g/mol. The van der Waals surface area contributed by atoms with Crippen molar-refractivity contribution in [3.8, 4) is 16.9 Å². The molecule has 0 heterocycles. The second-order valence-corrected chi connectivity index (χ2v) is 6.32. The molecule has 5 heteroatoms. The first-order chi connectivity index (χ1) is 11.9. The summed E-state index contributed by atoms with van der Waals surface area (Å²) in [5.41, 5.74) is 1.55. The van der Waals surface area contributed by atoms with Crippen LogP contribution < -0.4 is 10.1 Å². The largest absolute Gasteiger partial charge is 0.497 e. The Morgan fingerprint density at radius 1 is 1.16 bits per heavy atom. The zero-order valence-electron chi connectivity index (χ0n) is 14.8. The topological polar surface area (TPSA) is 58.6 Å². The molecule has 1 amide bonds. The molecule has 0 saturated carbocycles. The Kier molecular flexibility index (Phi) is 6.53. The number of hydrogen-bond acceptors (Lipinski definition) is 3. The zero-order valence-corrected chi connectivity index (χ0v) is 14.8. The van der Waals surface area contributed by atoms with E-state index in [1.165, 1.54) is 12.1 Å². The molecule has 4 nitrogen and oxygen atoms in total. The first-order valence-corrected chi connectivity index (χ1v) is 8.31. The molecule has 2 unspecified atom stereocenters. The van der Waals surface area contributed by atoms with Crippen LogP contribution in [0.3, 0.4) is 0 Å². The molecule has 0 fully saturated rings. The standard InChI is InChI=1S/C20H24FNO3/c1-13(10-14(2)23)12-22-20(24)18-9-6-16(11-19(18)21)15-4-7-17(25-3)8-5-15/h4-9,11,13-14,23H,10,12H2,1-3H3,(H,22,24). The second kappa shape index (κ2) is 8.62. The van der Waals surface area contributed by atoms with Gasteiger partial charge < -0.3 is 15.2 Å². The third kappa shape index (κ3) is 5.29. The fourth-order valence-corrected chi connectivity index (χ4v) is 2.69. The van der Waals surface area contributed by atoms with Crippen molar-refractivity contribution in [1.29, 1.82) is 0 Å². The second-order valence-electron chi connectivity index (χ2n) is 6.32. The molecule has 2 atom stereocenters. The SMILES string of the molecule is COc1ccc(-c2ccc(C(=O)NCC(C)CC(C)O)c(F)c2)cc1. The number of amides is 1. The average Bonchev–Trinajstić information content (AvgIpc) is 2.59. The molecule has 0 aliphatic carbocycles. The Labute approximate surface area is 147 Å². The summed E-state index contributed by atoms with van der Waals surface area (Å²) in [6.45, 7) is 4.02. The summed E-state index contributed by atoms with van der Waals surface area (Å²) in [6, 6.07) is 11.9. The normalized spacial score (nSPS) is 13.2. The van der Waals surface area contributed by atoms with E-state index in [1.54, 1.807) is 32.2 Å². The molecule has 2 aromatic carbocycles. The van der Waals surface area contributed by atoms with Gasteiger partial charge in [0.05, 0.1) is 18.8 Å². The average molecular weight is 345 g/mol. The number of carbonyl (C=O) groups excluding carboxylic acids is 1. The van der Waals surface area contributed by atoms with Crippen molar-refractivity contribution >= 4 is 5.91 Å². The fraction of sp³-hybridized carbons (Fsp3) is 0.350. The van der Waals surface area contributed by atoms with Crippen LogP contribution in [-0.4, -0.2) is 30.8 Å². The number of ether oxygens (including phenoxy) is 1. The molecule has 0 aliphatic heterocycles. The van der Waals surface area contributed by atoms with Gasteiger partial charge in [-0.05, 0) is 54.7 Å². The number of halogens is 1. The monoisotopic (exact) mass is 345 g/mol. The number of rotatable bonds is 7. The Bertz CT molecular complexity index is 713. The van der Waals surface area contributed by atoms with Crippen LogP contribution in [-0.2, 0) is 0 Å². The van der Waals surface area contributed by atoms with Gasteiger partial charge in [0.1, 0.15) is 11.6 Å². The highest BCUT2D eigenvalue weighted by molar-refractivity contribution is 5.95. The molecule has 0 saturated heterocycles. The number of hydrogen-bond donors (Lipinski definition) is 2. The van der Waals surface area contributed by atoms with E-state index < -0.39 is 17.8 Å². The lowest BCUT2D eigenvalue weighted by atomic mass is 10.0. The van der Waals surface area contributed by atoms with Gasteiger partial charge in [0.2, 0.25) is 0 Å². The Hall–Kier alpha value is -2.40. The van der Waals surface area contributed by atoms with E-state index in [0.29, 0.717) is 18.5 Å². The lowest BCUT2D eigenvalue weighted by molar-refractivity contribution is 0.0935. The molecule has 0 bridgehead atoms. The maximum Gasteiger partial charge on any atom is 0.254 e. The van der Waals surface area contributed by atoms with Gasteiger partial charge in [-0.15, -0.1) is 0 Å². The van der Waals surface area contributed by atoms with Gasteiger partial charge in [-0.25, -0.2) is 4.39 Å². The number of benzene rings is 2. The van der Waals surface area contributed by atoms with Crippen molar-refractivity contribution in [3.05, 3.63) is 53.8 Å². The molecular formula is C20H24FNO3. The van der Waals surface area contributed by atoms with E-state index in [1.807, 2.05) is 19.1 Å². The van der Waals surface area contributed by atoms with Gasteiger partial charge in [0.15, 0.2) is 0 Å². The van der Waals surface area contributed by atoms with Crippen molar-refractivity contribution in [3.63, 3.8) is 0 Å². The minimum Gasteiger partial charge on any atom is -0.497 e. The molecule has 0 aromatic heterocycles. The summed E-state index contributed by atoms with van der Waals surface area (Å²) in [4.78, 5) is 12.2. The first-order valence-electron chi connectivity index (χ1n) is 8.31. The number of methoxy groups -OCH3 is 1. The van der Waals surface area contributed by atoms with Crippen LogP contribution in [0.1, 0.15) is 30.6 Å². The third-order valence-electron chi connectivity index (χ3n) is 3.99. The molecule has 2 N–H and O–H groups in total. The summed E-state index contributed by atoms with van der Waals surface area (Å²) in [5, 5.41) is 12.1. The molecule has 0 radical (unpaired) electrons. The fourth-order valence-electron chi connectivity index (χ4n) is 2.69. The van der Waals surface area contributed by atoms with Crippen LogP contribution in [0.2, 0.25) is 0 Å². The summed E-state index contributed by atoms with van der Waals surface area (Å²) < 4.78 is 19.4. The molecule has 25 heavy (non-hydrogen) atoms. The van der Waals surface area contributed by atoms with E-state index in [0.717, 1.165) is 11.3 Å². The highest BCUT2D eigenvalue weighted by atomic mass is 19.1. The Morgan fingerprint density at radius 2 is 1.80 bits per heavy atom. The molecule has 134 valence electrons. The maximum atomic E-state index is 14.3. The number of nitrogens with one attached hydrogen (secondary N) is 1. The summed E-state index contributed by atoms with van der Waals surface area (Å²) >= 11 is 0. The summed E-state index contributed by atoms with van der Waals surface area (Å²) in [6.07, 6.45) is 0.159. The van der Waals surface area contributed by atoms with Crippen LogP contribution >= 0.6 is 0 Å². The Balaban J connectivity index is 2.06. The van der Waals surface area contributed by atoms with Crippen LogP contribution in [0.15, 0.2) is 42.5 Å². The predicted octanol–water partition coefficient (Wildman–Crippen LogP) is 3.64. The molecule has 0 aliphatic rings. The van der Waals surface area contributed by atoms with E-state index in [4.69, 9.17) is 4.74 Å². The quantitative estimate of drug-likeness (QED) is 0.805. The van der Waals surface area contributed by atoms with Crippen molar-refractivity contribution in [2.24, 2.45) is 5.92 Å². The summed E-state index contributed by atoms with van der Waals surface area (Å²) in [7, 11) is 1.59. The lowest BCUT2D eigenvalue weighted by Crippen LogP contribution is -2.30. The van der Waals surface area contributed by atoms with E-state index in [2.05, 4.69) is 5.32 Å². The van der Waals surface area contributed by atoms with Crippen molar-refractivity contribution in [2.45, 2.75) is 26.4 Å². The lowest BCUT2D eigenvalue weighted by Gasteiger charge is -2.14. The maximum absolute atomic E-state index is 14.3. The zero-order chi connectivity index (χ0) is 18.4. The van der Waals surface area contributed by atoms with Crippen LogP contribution in [0, 0.1) is 11.7 Å². The predicted molar refractivity (Wildman–Crippen MR) is 96.2 cm³/mol. The van der Waals surface area contributed by atoms with Crippen molar-refractivity contribution in [2.75, 3.05) is 13.7 Å². The van der Waals surface area contributed by atoms with Crippen LogP contribution in [0.4, 0.5) is 4.39 Å². The smallest absolute Gasteiger partial charge is 0.254 e. The number of aliphatic hydroxyl groups is 1. The van der Waals surface area contributed by atoms with Gasteiger partial charge >= 0.3 is 0 Å². The van der Waals surface area contributed by atoms with Crippen molar-refractivity contribution < 1.29 is 19.0 Å². The minimum absolute atomic E-state index is 0.0153. The van der Waals surface area contributed by atoms with Gasteiger partial charge in [0.25, 0.3) is 5.91 Å². The number of carbonyl (C=O) groups is 1. The van der Waals surface area contributed by atoms with E-state index in [-0.39, 0.29) is 11.5 Å². The van der Waals surface area contributed by atoms with Gasteiger partial charge in [-0.3, -0.25) is 4.79 Å². The summed E-state index contributed by atoms with van der Waals surface area (Å²) in [5.74, 6) is -0.164.